The van der Waals surface area contributed by atoms with Crippen LogP contribution in [-0.4, -0.2) is 31.2 Å². The molecule has 2 saturated heterocycles. The summed E-state index contributed by atoms with van der Waals surface area (Å²) in [5.74, 6) is 0.0306. The molecule has 13 heavy (non-hydrogen) atoms. The molecule has 1 amide bonds. The third kappa shape index (κ3) is 1.64. The van der Waals surface area contributed by atoms with Crippen LogP contribution in [0.15, 0.2) is 0 Å². The number of nitrogens with zero attached hydrogens (tertiary/aromatic N) is 1. The van der Waals surface area contributed by atoms with E-state index in [1.54, 1.807) is 0 Å². The highest BCUT2D eigenvalue weighted by Gasteiger charge is 2.33. The zero-order valence-electron chi connectivity index (χ0n) is 7.21. The standard InChI is InChI=1S/C8H12N4O/c9-2-5-1-6-8(10-3-5)11-4-7(13)12-6/h5-6,8,10-11H,1,3-4H2,(H,12,13). The lowest BCUT2D eigenvalue weighted by Crippen LogP contribution is -2.67. The molecule has 0 aromatic carbocycles. The average Bonchev–Trinajstić information content (AvgIpc) is 2.16. The van der Waals surface area contributed by atoms with Crippen LogP contribution in [-0.2, 0) is 4.79 Å². The maximum atomic E-state index is 11.0. The lowest BCUT2D eigenvalue weighted by atomic mass is 9.93. The summed E-state index contributed by atoms with van der Waals surface area (Å²) < 4.78 is 0. The number of fused-ring (bicyclic) bond motifs is 1. The Kier molecular flexibility index (Phi) is 2.17. The summed E-state index contributed by atoms with van der Waals surface area (Å²) in [7, 11) is 0. The Bertz CT molecular complexity index is 259. The first-order chi connectivity index (χ1) is 6.29. The number of nitriles is 1. The van der Waals surface area contributed by atoms with Crippen LogP contribution in [0.1, 0.15) is 6.42 Å². The van der Waals surface area contributed by atoms with Crippen molar-refractivity contribution in [2.24, 2.45) is 5.92 Å². The Hall–Kier alpha value is -1.12. The molecule has 2 fully saturated rings. The molecule has 2 aliphatic rings. The topological polar surface area (TPSA) is 77.0 Å². The minimum atomic E-state index is 0.0152. The lowest BCUT2D eigenvalue weighted by Gasteiger charge is -2.38. The molecule has 2 rings (SSSR count). The third-order valence-corrected chi connectivity index (χ3v) is 2.54. The van der Waals surface area contributed by atoms with Crippen molar-refractivity contribution in [2.75, 3.05) is 13.1 Å². The van der Waals surface area contributed by atoms with Gasteiger partial charge in [0.2, 0.25) is 5.91 Å². The van der Waals surface area contributed by atoms with Gasteiger partial charge in [-0.2, -0.15) is 5.26 Å². The van der Waals surface area contributed by atoms with Crippen molar-refractivity contribution in [1.29, 1.82) is 5.26 Å². The van der Waals surface area contributed by atoms with Crippen LogP contribution in [0.3, 0.4) is 0 Å². The van der Waals surface area contributed by atoms with Crippen LogP contribution in [0.4, 0.5) is 0 Å². The van der Waals surface area contributed by atoms with Crippen molar-refractivity contribution in [1.82, 2.24) is 16.0 Å². The van der Waals surface area contributed by atoms with E-state index in [0.717, 1.165) is 6.42 Å². The molecule has 3 unspecified atom stereocenters. The molecule has 70 valence electrons. The number of piperazine rings is 1. The number of carbonyl (C=O) groups excluding carboxylic acids is 1. The molecule has 2 heterocycles. The minimum Gasteiger partial charge on any atom is -0.349 e. The van der Waals surface area contributed by atoms with E-state index < -0.39 is 0 Å². The SMILES string of the molecule is N#CC1CNC2NCC(=O)NC2C1. The normalized spacial score (nSPS) is 38.7. The number of nitrogens with one attached hydrogen (secondary N) is 3. The van der Waals surface area contributed by atoms with E-state index in [1.165, 1.54) is 0 Å². The van der Waals surface area contributed by atoms with Gasteiger partial charge in [0.05, 0.1) is 30.7 Å². The Morgan fingerprint density at radius 3 is 3.08 bits per heavy atom. The summed E-state index contributed by atoms with van der Waals surface area (Å²) in [5, 5.41) is 17.9. The number of piperidine rings is 1. The van der Waals surface area contributed by atoms with E-state index >= 15 is 0 Å². The highest BCUT2D eigenvalue weighted by atomic mass is 16.2. The number of rotatable bonds is 0. The van der Waals surface area contributed by atoms with Gasteiger partial charge in [0.15, 0.2) is 0 Å². The predicted octanol–water partition coefficient (Wildman–Crippen LogP) is -1.47. The van der Waals surface area contributed by atoms with Crippen molar-refractivity contribution in [3.8, 4) is 6.07 Å². The fourth-order valence-electron chi connectivity index (χ4n) is 1.85. The smallest absolute Gasteiger partial charge is 0.234 e. The van der Waals surface area contributed by atoms with E-state index in [1.807, 2.05) is 0 Å². The second-order valence-electron chi connectivity index (χ2n) is 3.50. The minimum absolute atomic E-state index is 0.0152. The van der Waals surface area contributed by atoms with Crippen molar-refractivity contribution >= 4 is 5.91 Å². The second-order valence-corrected chi connectivity index (χ2v) is 3.50. The van der Waals surface area contributed by atoms with Gasteiger partial charge in [-0.05, 0) is 6.42 Å². The molecule has 0 aliphatic carbocycles. The molecular weight excluding hydrogens is 168 g/mol. The number of hydrogen-bond acceptors (Lipinski definition) is 4. The quantitative estimate of drug-likeness (QED) is 0.425. The first-order valence-electron chi connectivity index (χ1n) is 4.45. The number of hydrogen-bond donors (Lipinski definition) is 3. The molecule has 0 aromatic heterocycles. The van der Waals surface area contributed by atoms with Crippen LogP contribution in [0.25, 0.3) is 0 Å². The Labute approximate surface area is 76.5 Å². The summed E-state index contributed by atoms with van der Waals surface area (Å²) in [5.41, 5.74) is 0. The van der Waals surface area contributed by atoms with Gasteiger partial charge in [-0.25, -0.2) is 0 Å². The van der Waals surface area contributed by atoms with E-state index in [9.17, 15) is 4.79 Å². The highest BCUT2D eigenvalue weighted by Crippen LogP contribution is 2.14. The van der Waals surface area contributed by atoms with Crippen molar-refractivity contribution in [3.05, 3.63) is 0 Å². The molecular formula is C8H12N4O. The Morgan fingerprint density at radius 2 is 2.31 bits per heavy atom. The average molecular weight is 180 g/mol. The van der Waals surface area contributed by atoms with E-state index in [-0.39, 0.29) is 24.0 Å². The Morgan fingerprint density at radius 1 is 1.46 bits per heavy atom. The zero-order valence-corrected chi connectivity index (χ0v) is 7.21. The van der Waals surface area contributed by atoms with Gasteiger partial charge in [0, 0.05) is 6.54 Å². The van der Waals surface area contributed by atoms with Crippen LogP contribution in [0.5, 0.6) is 0 Å². The van der Waals surface area contributed by atoms with Gasteiger partial charge in [-0.3, -0.25) is 15.4 Å². The largest absolute Gasteiger partial charge is 0.349 e. The van der Waals surface area contributed by atoms with Gasteiger partial charge < -0.3 is 5.32 Å². The fraction of sp³-hybridized carbons (Fsp3) is 0.750. The van der Waals surface area contributed by atoms with E-state index in [2.05, 4.69) is 22.0 Å². The Balaban J connectivity index is 2.00. The molecule has 3 atom stereocenters. The second kappa shape index (κ2) is 3.32. The molecule has 5 heteroatoms. The van der Waals surface area contributed by atoms with Gasteiger partial charge in [0.25, 0.3) is 0 Å². The maximum absolute atomic E-state index is 11.0. The molecule has 0 bridgehead atoms. The van der Waals surface area contributed by atoms with Crippen molar-refractivity contribution < 1.29 is 4.79 Å². The number of amides is 1. The van der Waals surface area contributed by atoms with Crippen LogP contribution in [0, 0.1) is 17.2 Å². The first-order valence-corrected chi connectivity index (χ1v) is 4.45. The zero-order chi connectivity index (χ0) is 9.26. The van der Waals surface area contributed by atoms with Crippen LogP contribution in [0.2, 0.25) is 0 Å². The monoisotopic (exact) mass is 180 g/mol. The summed E-state index contributed by atoms with van der Waals surface area (Å²) in [4.78, 5) is 11.0. The summed E-state index contributed by atoms with van der Waals surface area (Å²) in [6.07, 6.45) is 0.884. The fourth-order valence-corrected chi connectivity index (χ4v) is 1.85. The van der Waals surface area contributed by atoms with Crippen LogP contribution >= 0.6 is 0 Å². The van der Waals surface area contributed by atoms with Crippen LogP contribution < -0.4 is 16.0 Å². The van der Waals surface area contributed by atoms with Gasteiger partial charge in [-0.1, -0.05) is 0 Å². The molecule has 0 radical (unpaired) electrons. The van der Waals surface area contributed by atoms with Gasteiger partial charge >= 0.3 is 0 Å². The molecule has 3 N–H and O–H groups in total. The van der Waals surface area contributed by atoms with Gasteiger partial charge in [-0.15, -0.1) is 0 Å². The molecule has 0 spiro atoms. The molecule has 2 aliphatic heterocycles. The first kappa shape index (κ1) is 8.48. The third-order valence-electron chi connectivity index (χ3n) is 2.54. The molecule has 0 aromatic rings. The summed E-state index contributed by atoms with van der Waals surface area (Å²) >= 11 is 0. The lowest BCUT2D eigenvalue weighted by molar-refractivity contribution is -0.123. The van der Waals surface area contributed by atoms with Crippen molar-refractivity contribution in [3.63, 3.8) is 0 Å². The van der Waals surface area contributed by atoms with Crippen molar-refractivity contribution in [2.45, 2.75) is 18.6 Å². The van der Waals surface area contributed by atoms with E-state index in [0.29, 0.717) is 13.1 Å². The molecule has 0 saturated carbocycles. The predicted molar refractivity (Wildman–Crippen MR) is 45.4 cm³/mol. The summed E-state index contributed by atoms with van der Waals surface area (Å²) in [6, 6.07) is 2.28. The number of carbonyl (C=O) groups is 1. The molecule has 5 nitrogen and oxygen atoms in total. The van der Waals surface area contributed by atoms with E-state index in [4.69, 9.17) is 5.26 Å². The maximum Gasteiger partial charge on any atom is 0.234 e. The summed E-state index contributed by atoms with van der Waals surface area (Å²) in [6.45, 7) is 1.08. The van der Waals surface area contributed by atoms with Gasteiger partial charge in [0.1, 0.15) is 0 Å². The highest BCUT2D eigenvalue weighted by molar-refractivity contribution is 5.79.